The highest BCUT2D eigenvalue weighted by Crippen LogP contribution is 2.34. The fourth-order valence-corrected chi connectivity index (χ4v) is 1.77. The number of Topliss-reactive ketones (excluding diaryl/α,β-unsaturated/α-hetero) is 1. The van der Waals surface area contributed by atoms with Gasteiger partial charge in [0.2, 0.25) is 0 Å². The molecular formula is C11H12O3. The smallest absolute Gasteiger partial charge is 0.163 e. The largest absolute Gasteiger partial charge is 0.493 e. The lowest BCUT2D eigenvalue weighted by Crippen LogP contribution is -1.96. The van der Waals surface area contributed by atoms with Gasteiger partial charge in [0.15, 0.2) is 17.3 Å². The Morgan fingerprint density at radius 1 is 1.07 bits per heavy atom. The molecule has 0 aromatic heterocycles. The molecule has 0 N–H and O–H groups in total. The van der Waals surface area contributed by atoms with Gasteiger partial charge in [-0.05, 0) is 24.1 Å². The predicted molar refractivity (Wildman–Crippen MR) is 52.2 cm³/mol. The summed E-state index contributed by atoms with van der Waals surface area (Å²) < 4.78 is 10.3. The Balaban J connectivity index is 2.54. The molecule has 0 saturated heterocycles. The van der Waals surface area contributed by atoms with E-state index in [1.165, 1.54) is 0 Å². The van der Waals surface area contributed by atoms with Crippen molar-refractivity contribution < 1.29 is 14.3 Å². The van der Waals surface area contributed by atoms with Crippen LogP contribution in [0.3, 0.4) is 0 Å². The van der Waals surface area contributed by atoms with Gasteiger partial charge in [-0.15, -0.1) is 0 Å². The van der Waals surface area contributed by atoms with Crippen molar-refractivity contribution >= 4 is 5.78 Å². The van der Waals surface area contributed by atoms with Crippen molar-refractivity contribution in [3.8, 4) is 11.5 Å². The second-order valence-corrected chi connectivity index (χ2v) is 3.29. The van der Waals surface area contributed by atoms with Crippen LogP contribution in [0.4, 0.5) is 0 Å². The molecule has 1 aromatic carbocycles. The van der Waals surface area contributed by atoms with E-state index in [0.29, 0.717) is 17.9 Å². The number of methoxy groups -OCH3 is 2. The second-order valence-electron chi connectivity index (χ2n) is 3.29. The second kappa shape index (κ2) is 3.33. The molecule has 3 heteroatoms. The van der Waals surface area contributed by atoms with Gasteiger partial charge >= 0.3 is 0 Å². The third-order valence-electron chi connectivity index (χ3n) is 2.53. The Hall–Kier alpha value is -1.51. The van der Waals surface area contributed by atoms with E-state index in [9.17, 15) is 4.79 Å². The first-order valence-electron chi connectivity index (χ1n) is 4.54. The first-order valence-corrected chi connectivity index (χ1v) is 4.54. The maximum absolute atomic E-state index is 11.4. The van der Waals surface area contributed by atoms with E-state index in [0.717, 1.165) is 17.5 Å². The minimum atomic E-state index is 0.195. The van der Waals surface area contributed by atoms with Gasteiger partial charge in [-0.25, -0.2) is 0 Å². The van der Waals surface area contributed by atoms with E-state index in [4.69, 9.17) is 9.47 Å². The van der Waals surface area contributed by atoms with Crippen molar-refractivity contribution in [3.05, 3.63) is 23.3 Å². The number of carbonyl (C=O) groups is 1. The standard InChI is InChI=1S/C11H12O3/c1-13-10-5-7-3-4-9(12)8(7)6-11(10)14-2/h5-6H,3-4H2,1-2H3/i3+1,4+1,9+1. The molecule has 0 spiro atoms. The fraction of sp³-hybridized carbons (Fsp3) is 0.364. The van der Waals surface area contributed by atoms with Crippen LogP contribution >= 0.6 is 0 Å². The zero-order valence-corrected chi connectivity index (χ0v) is 8.29. The molecule has 1 aliphatic rings. The quantitative estimate of drug-likeness (QED) is 0.675. The average molecular weight is 195 g/mol. The summed E-state index contributed by atoms with van der Waals surface area (Å²) in [5, 5.41) is 0. The molecular weight excluding hydrogens is 183 g/mol. The Bertz CT molecular complexity index is 382. The summed E-state index contributed by atoms with van der Waals surface area (Å²) in [6.07, 6.45) is 1.42. The van der Waals surface area contributed by atoms with Gasteiger partial charge < -0.3 is 9.47 Å². The molecule has 14 heavy (non-hydrogen) atoms. The van der Waals surface area contributed by atoms with Crippen LogP contribution in [0.15, 0.2) is 12.1 Å². The maximum atomic E-state index is 11.4. The number of ketones is 1. The predicted octanol–water partition coefficient (Wildman–Crippen LogP) is 1.83. The molecule has 0 fully saturated rings. The number of aryl methyl sites for hydroxylation is 1. The molecule has 0 bridgehead atoms. The van der Waals surface area contributed by atoms with E-state index in [-0.39, 0.29) is 5.78 Å². The maximum Gasteiger partial charge on any atom is 0.163 e. The average Bonchev–Trinajstić information content (AvgIpc) is 2.58. The summed E-state index contributed by atoms with van der Waals surface area (Å²) in [6.45, 7) is 0. The van der Waals surface area contributed by atoms with Crippen LogP contribution in [0.2, 0.25) is 0 Å². The van der Waals surface area contributed by atoms with Crippen LogP contribution in [0.25, 0.3) is 0 Å². The Labute approximate surface area is 82.6 Å². The van der Waals surface area contributed by atoms with Crippen LogP contribution in [0, 0.1) is 0 Å². The van der Waals surface area contributed by atoms with Gasteiger partial charge in [0.25, 0.3) is 0 Å². The number of rotatable bonds is 2. The Morgan fingerprint density at radius 2 is 1.71 bits per heavy atom. The highest BCUT2D eigenvalue weighted by molar-refractivity contribution is 6.01. The van der Waals surface area contributed by atoms with E-state index in [1.54, 1.807) is 20.3 Å². The molecule has 2 rings (SSSR count). The molecule has 1 aliphatic carbocycles. The molecule has 0 radical (unpaired) electrons. The number of benzene rings is 1. The highest BCUT2D eigenvalue weighted by atomic mass is 16.5. The molecule has 0 aliphatic heterocycles. The number of hydrogen-bond donors (Lipinski definition) is 0. The van der Waals surface area contributed by atoms with Crippen LogP contribution in [0.5, 0.6) is 11.5 Å². The van der Waals surface area contributed by atoms with E-state index < -0.39 is 0 Å². The summed E-state index contributed by atoms with van der Waals surface area (Å²) >= 11 is 0. The summed E-state index contributed by atoms with van der Waals surface area (Å²) in [5.74, 6) is 1.52. The molecule has 3 nitrogen and oxygen atoms in total. The topological polar surface area (TPSA) is 35.5 Å². The monoisotopic (exact) mass is 195 g/mol. The minimum absolute atomic E-state index is 0.195. The zero-order valence-electron chi connectivity index (χ0n) is 8.29. The first-order chi connectivity index (χ1) is 6.76. The molecule has 0 amide bonds. The summed E-state index contributed by atoms with van der Waals surface area (Å²) in [7, 11) is 3.17. The van der Waals surface area contributed by atoms with E-state index in [1.807, 2.05) is 6.07 Å². The first kappa shape index (κ1) is 9.06. The van der Waals surface area contributed by atoms with Crippen LogP contribution in [0.1, 0.15) is 22.3 Å². The van der Waals surface area contributed by atoms with Gasteiger partial charge in [0, 0.05) is 12.0 Å². The van der Waals surface area contributed by atoms with Crippen LogP contribution < -0.4 is 9.47 Å². The number of ether oxygens (including phenoxy) is 2. The molecule has 0 unspecified atom stereocenters. The number of hydrogen-bond acceptors (Lipinski definition) is 3. The minimum Gasteiger partial charge on any atom is -0.493 e. The van der Waals surface area contributed by atoms with Gasteiger partial charge in [-0.2, -0.15) is 0 Å². The van der Waals surface area contributed by atoms with Crippen LogP contribution in [-0.4, -0.2) is 20.0 Å². The lowest BCUT2D eigenvalue weighted by Gasteiger charge is -2.09. The van der Waals surface area contributed by atoms with E-state index in [2.05, 4.69) is 0 Å². The number of carbonyl (C=O) groups excluding carboxylic acids is 1. The zero-order chi connectivity index (χ0) is 10.1. The Morgan fingerprint density at radius 3 is 2.36 bits per heavy atom. The molecule has 0 heterocycles. The Kier molecular flexibility index (Phi) is 2.15. The van der Waals surface area contributed by atoms with Crippen molar-refractivity contribution in [3.63, 3.8) is 0 Å². The van der Waals surface area contributed by atoms with Gasteiger partial charge in [-0.1, -0.05) is 0 Å². The normalized spacial score (nSPS) is 14.0. The third-order valence-corrected chi connectivity index (χ3v) is 2.53. The summed E-state index contributed by atoms with van der Waals surface area (Å²) in [6, 6.07) is 3.66. The lowest BCUT2D eigenvalue weighted by atomic mass is 10.2. The van der Waals surface area contributed by atoms with Crippen molar-refractivity contribution in [2.75, 3.05) is 14.2 Å². The fourth-order valence-electron chi connectivity index (χ4n) is 1.77. The number of fused-ring (bicyclic) bond motifs is 1. The summed E-state index contributed by atoms with van der Waals surface area (Å²) in [5.41, 5.74) is 1.84. The van der Waals surface area contributed by atoms with Crippen molar-refractivity contribution in [1.82, 2.24) is 0 Å². The highest BCUT2D eigenvalue weighted by Gasteiger charge is 2.22. The molecule has 0 atom stereocenters. The molecule has 1 aromatic rings. The van der Waals surface area contributed by atoms with Gasteiger partial charge in [-0.3, -0.25) is 4.79 Å². The van der Waals surface area contributed by atoms with Crippen molar-refractivity contribution in [1.29, 1.82) is 0 Å². The van der Waals surface area contributed by atoms with Crippen molar-refractivity contribution in [2.45, 2.75) is 12.8 Å². The molecule has 0 saturated carbocycles. The third kappa shape index (κ3) is 1.25. The van der Waals surface area contributed by atoms with E-state index >= 15 is 0 Å². The van der Waals surface area contributed by atoms with Crippen molar-refractivity contribution in [2.24, 2.45) is 0 Å². The van der Waals surface area contributed by atoms with Crippen LogP contribution in [-0.2, 0) is 6.42 Å². The van der Waals surface area contributed by atoms with Gasteiger partial charge in [0.1, 0.15) is 0 Å². The van der Waals surface area contributed by atoms with Gasteiger partial charge in [0.05, 0.1) is 14.2 Å². The summed E-state index contributed by atoms with van der Waals surface area (Å²) in [4.78, 5) is 11.4. The molecule has 74 valence electrons. The lowest BCUT2D eigenvalue weighted by molar-refractivity contribution is 0.0994. The SMILES string of the molecule is COc1cc2c(cc1OC)[13C](=O)[13CH2][13CH2]2.